The van der Waals surface area contributed by atoms with Crippen LogP contribution in [-0.2, 0) is 4.79 Å². The van der Waals surface area contributed by atoms with Crippen LogP contribution in [0.4, 0.5) is 0 Å². The summed E-state index contributed by atoms with van der Waals surface area (Å²) in [4.78, 5) is 17.8. The molecule has 4 nitrogen and oxygen atoms in total. The SMILES string of the molecule is CC1CN2CCCC2CN1C(=O)C1CC2CCCCC2N1. The molecule has 0 aromatic rings. The lowest BCUT2D eigenvalue weighted by molar-refractivity contribution is -0.138. The predicted molar refractivity (Wildman–Crippen MR) is 83.1 cm³/mol. The minimum atomic E-state index is 0.105. The zero-order valence-electron chi connectivity index (χ0n) is 13.3. The van der Waals surface area contributed by atoms with Crippen molar-refractivity contribution in [1.82, 2.24) is 15.1 Å². The van der Waals surface area contributed by atoms with Gasteiger partial charge in [-0.1, -0.05) is 12.8 Å². The number of amides is 1. The van der Waals surface area contributed by atoms with E-state index >= 15 is 0 Å². The summed E-state index contributed by atoms with van der Waals surface area (Å²) in [7, 11) is 0. The van der Waals surface area contributed by atoms with Crippen LogP contribution in [0.25, 0.3) is 0 Å². The predicted octanol–water partition coefficient (Wildman–Crippen LogP) is 1.60. The second kappa shape index (κ2) is 5.54. The van der Waals surface area contributed by atoms with Gasteiger partial charge in [0.05, 0.1) is 6.04 Å². The molecule has 1 N–H and O–H groups in total. The number of hydrogen-bond donors (Lipinski definition) is 1. The molecule has 5 atom stereocenters. The van der Waals surface area contributed by atoms with Gasteiger partial charge in [0, 0.05) is 31.2 Å². The van der Waals surface area contributed by atoms with Gasteiger partial charge in [-0.2, -0.15) is 0 Å². The van der Waals surface area contributed by atoms with Gasteiger partial charge in [-0.3, -0.25) is 9.69 Å². The average molecular weight is 291 g/mol. The van der Waals surface area contributed by atoms with Gasteiger partial charge in [-0.15, -0.1) is 0 Å². The van der Waals surface area contributed by atoms with Crippen molar-refractivity contribution in [2.24, 2.45) is 5.92 Å². The van der Waals surface area contributed by atoms with Crippen molar-refractivity contribution in [1.29, 1.82) is 0 Å². The normalized spacial score (nSPS) is 43.7. The van der Waals surface area contributed by atoms with Crippen molar-refractivity contribution in [2.75, 3.05) is 19.6 Å². The van der Waals surface area contributed by atoms with Gasteiger partial charge >= 0.3 is 0 Å². The van der Waals surface area contributed by atoms with E-state index in [1.54, 1.807) is 0 Å². The van der Waals surface area contributed by atoms with E-state index in [4.69, 9.17) is 0 Å². The van der Waals surface area contributed by atoms with E-state index in [9.17, 15) is 4.79 Å². The van der Waals surface area contributed by atoms with Crippen molar-refractivity contribution in [3.63, 3.8) is 0 Å². The zero-order chi connectivity index (χ0) is 14.4. The fourth-order valence-electron chi connectivity index (χ4n) is 5.21. The third kappa shape index (κ3) is 2.50. The summed E-state index contributed by atoms with van der Waals surface area (Å²) in [6, 6.07) is 1.74. The van der Waals surface area contributed by atoms with E-state index in [0.717, 1.165) is 25.4 Å². The van der Waals surface area contributed by atoms with Gasteiger partial charge in [0.2, 0.25) is 5.91 Å². The van der Waals surface area contributed by atoms with Gasteiger partial charge in [0.1, 0.15) is 0 Å². The Kier molecular flexibility index (Phi) is 3.70. The van der Waals surface area contributed by atoms with Crippen molar-refractivity contribution in [2.45, 2.75) is 76.0 Å². The Labute approximate surface area is 128 Å². The van der Waals surface area contributed by atoms with E-state index in [2.05, 4.69) is 22.0 Å². The Bertz CT molecular complexity index is 399. The van der Waals surface area contributed by atoms with Crippen LogP contribution in [0.1, 0.15) is 51.9 Å². The van der Waals surface area contributed by atoms with E-state index in [-0.39, 0.29) is 6.04 Å². The first-order valence-corrected chi connectivity index (χ1v) is 9.03. The summed E-state index contributed by atoms with van der Waals surface area (Å²) in [6.45, 7) is 5.51. The van der Waals surface area contributed by atoms with E-state index in [0.29, 0.717) is 24.0 Å². The number of nitrogens with zero attached hydrogens (tertiary/aromatic N) is 2. The van der Waals surface area contributed by atoms with Gasteiger partial charge in [-0.25, -0.2) is 0 Å². The Morgan fingerprint density at radius 3 is 2.81 bits per heavy atom. The molecule has 21 heavy (non-hydrogen) atoms. The van der Waals surface area contributed by atoms with Crippen LogP contribution in [0.2, 0.25) is 0 Å². The lowest BCUT2D eigenvalue weighted by Crippen LogP contribution is -2.59. The number of fused-ring (bicyclic) bond motifs is 2. The number of nitrogens with one attached hydrogen (secondary N) is 1. The molecule has 1 saturated carbocycles. The van der Waals surface area contributed by atoms with E-state index in [1.807, 2.05) is 0 Å². The summed E-state index contributed by atoms with van der Waals surface area (Å²) in [5, 5.41) is 3.67. The van der Waals surface area contributed by atoms with Gasteiger partial charge < -0.3 is 10.2 Å². The molecule has 4 rings (SSSR count). The molecule has 4 fully saturated rings. The van der Waals surface area contributed by atoms with Crippen molar-refractivity contribution >= 4 is 5.91 Å². The molecule has 0 bridgehead atoms. The molecule has 4 aliphatic rings. The molecule has 3 aliphatic heterocycles. The lowest BCUT2D eigenvalue weighted by atomic mass is 9.85. The van der Waals surface area contributed by atoms with Crippen LogP contribution in [0.5, 0.6) is 0 Å². The van der Waals surface area contributed by atoms with Gasteiger partial charge in [-0.05, 0) is 51.5 Å². The van der Waals surface area contributed by atoms with Crippen molar-refractivity contribution in [3.05, 3.63) is 0 Å². The number of carbonyl (C=O) groups excluding carboxylic acids is 1. The Morgan fingerprint density at radius 1 is 1.10 bits per heavy atom. The molecular formula is C17H29N3O. The first kappa shape index (κ1) is 14.0. The Hall–Kier alpha value is -0.610. The van der Waals surface area contributed by atoms with Crippen LogP contribution in [0.15, 0.2) is 0 Å². The van der Waals surface area contributed by atoms with Crippen LogP contribution in [0.3, 0.4) is 0 Å². The summed E-state index contributed by atoms with van der Waals surface area (Å²) in [5.74, 6) is 1.15. The molecule has 0 radical (unpaired) electrons. The number of piperazine rings is 1. The standard InChI is InChI=1S/C17H29N3O/c1-12-10-19-8-4-6-14(19)11-20(12)17(21)16-9-13-5-2-3-7-15(13)18-16/h12-16,18H,2-11H2,1H3. The fraction of sp³-hybridized carbons (Fsp3) is 0.941. The van der Waals surface area contributed by atoms with Gasteiger partial charge in [0.25, 0.3) is 0 Å². The van der Waals surface area contributed by atoms with Crippen molar-refractivity contribution < 1.29 is 4.79 Å². The maximum absolute atomic E-state index is 13.0. The number of hydrogen-bond acceptors (Lipinski definition) is 3. The summed E-state index contributed by atoms with van der Waals surface area (Å²) >= 11 is 0. The molecule has 1 aliphatic carbocycles. The lowest BCUT2D eigenvalue weighted by Gasteiger charge is -2.43. The second-order valence-corrected chi connectivity index (χ2v) is 7.74. The molecule has 5 unspecified atom stereocenters. The quantitative estimate of drug-likeness (QED) is 0.797. The first-order chi connectivity index (χ1) is 10.2. The Balaban J connectivity index is 1.42. The highest BCUT2D eigenvalue weighted by atomic mass is 16.2. The molecule has 1 amide bonds. The smallest absolute Gasteiger partial charge is 0.240 e. The molecule has 3 heterocycles. The minimum absolute atomic E-state index is 0.105. The maximum Gasteiger partial charge on any atom is 0.240 e. The summed E-state index contributed by atoms with van der Waals surface area (Å²) in [5.41, 5.74) is 0. The molecule has 0 aromatic heterocycles. The highest BCUT2D eigenvalue weighted by Crippen LogP contribution is 2.34. The molecule has 0 spiro atoms. The third-order valence-electron chi connectivity index (χ3n) is 6.38. The highest BCUT2D eigenvalue weighted by molar-refractivity contribution is 5.83. The van der Waals surface area contributed by atoms with Gasteiger partial charge in [0.15, 0.2) is 0 Å². The zero-order valence-corrected chi connectivity index (χ0v) is 13.3. The summed E-state index contributed by atoms with van der Waals surface area (Å²) < 4.78 is 0. The van der Waals surface area contributed by atoms with Crippen LogP contribution in [0, 0.1) is 5.92 Å². The molecule has 118 valence electrons. The summed E-state index contributed by atoms with van der Waals surface area (Å²) in [6.07, 6.45) is 8.98. The fourth-order valence-corrected chi connectivity index (χ4v) is 5.21. The number of carbonyl (C=O) groups is 1. The Morgan fingerprint density at radius 2 is 1.95 bits per heavy atom. The number of rotatable bonds is 1. The van der Waals surface area contributed by atoms with E-state index < -0.39 is 0 Å². The molecule has 3 saturated heterocycles. The highest BCUT2D eigenvalue weighted by Gasteiger charge is 2.43. The average Bonchev–Trinajstić information content (AvgIpc) is 3.11. The van der Waals surface area contributed by atoms with Crippen LogP contribution < -0.4 is 5.32 Å². The van der Waals surface area contributed by atoms with Crippen molar-refractivity contribution in [3.8, 4) is 0 Å². The molecular weight excluding hydrogens is 262 g/mol. The topological polar surface area (TPSA) is 35.6 Å². The largest absolute Gasteiger partial charge is 0.336 e. The molecule has 0 aromatic carbocycles. The van der Waals surface area contributed by atoms with Crippen LogP contribution in [-0.4, -0.2) is 59.5 Å². The van der Waals surface area contributed by atoms with E-state index in [1.165, 1.54) is 45.1 Å². The third-order valence-corrected chi connectivity index (χ3v) is 6.38. The monoisotopic (exact) mass is 291 g/mol. The van der Waals surface area contributed by atoms with Crippen LogP contribution >= 0.6 is 0 Å². The minimum Gasteiger partial charge on any atom is -0.336 e. The molecule has 4 heteroatoms. The first-order valence-electron chi connectivity index (χ1n) is 9.03. The maximum atomic E-state index is 13.0. The second-order valence-electron chi connectivity index (χ2n) is 7.74.